The summed E-state index contributed by atoms with van der Waals surface area (Å²) in [6, 6.07) is 4.37. The van der Waals surface area contributed by atoms with Gasteiger partial charge in [0.15, 0.2) is 11.6 Å². The molecule has 0 saturated carbocycles. The number of nitro benzene ring substituents is 1. The molecule has 6 nitrogen and oxygen atoms in total. The van der Waals surface area contributed by atoms with E-state index in [2.05, 4.69) is 9.97 Å². The zero-order valence-corrected chi connectivity index (χ0v) is 10.4. The van der Waals surface area contributed by atoms with E-state index in [1.807, 2.05) is 0 Å². The molecule has 19 heavy (non-hydrogen) atoms. The van der Waals surface area contributed by atoms with Gasteiger partial charge in [0.05, 0.1) is 11.0 Å². The maximum Gasteiger partial charge on any atom is 0.272 e. The van der Waals surface area contributed by atoms with E-state index in [1.54, 1.807) is 6.92 Å². The fraction of sp³-hybridized carbons (Fsp3) is 0.0909. The number of halogens is 2. The summed E-state index contributed by atoms with van der Waals surface area (Å²) in [5, 5.41) is 10.6. The molecular weight excluding hydrogens is 277 g/mol. The van der Waals surface area contributed by atoms with Crippen LogP contribution in [0.3, 0.4) is 0 Å². The summed E-state index contributed by atoms with van der Waals surface area (Å²) in [5.74, 6) is -0.614. The van der Waals surface area contributed by atoms with Crippen LogP contribution in [0.15, 0.2) is 24.3 Å². The van der Waals surface area contributed by atoms with E-state index < -0.39 is 10.7 Å². The third kappa shape index (κ3) is 3.14. The van der Waals surface area contributed by atoms with Crippen molar-refractivity contribution >= 4 is 17.3 Å². The zero-order valence-electron chi connectivity index (χ0n) is 9.63. The molecule has 0 bridgehead atoms. The van der Waals surface area contributed by atoms with Gasteiger partial charge in [-0.05, 0) is 13.0 Å². The van der Waals surface area contributed by atoms with E-state index in [4.69, 9.17) is 16.3 Å². The fourth-order valence-corrected chi connectivity index (χ4v) is 1.57. The van der Waals surface area contributed by atoms with Crippen LogP contribution in [-0.4, -0.2) is 14.9 Å². The average Bonchev–Trinajstić information content (AvgIpc) is 2.30. The molecule has 8 heteroatoms. The van der Waals surface area contributed by atoms with Crippen molar-refractivity contribution in [3.63, 3.8) is 0 Å². The van der Waals surface area contributed by atoms with E-state index in [0.29, 0.717) is 5.82 Å². The van der Waals surface area contributed by atoms with Gasteiger partial charge < -0.3 is 4.74 Å². The van der Waals surface area contributed by atoms with E-state index >= 15 is 0 Å². The lowest BCUT2D eigenvalue weighted by molar-refractivity contribution is -0.385. The monoisotopic (exact) mass is 283 g/mol. The predicted octanol–water partition coefficient (Wildman–Crippen LogP) is 3.28. The predicted molar refractivity (Wildman–Crippen MR) is 64.9 cm³/mol. The minimum Gasteiger partial charge on any atom is -0.436 e. The molecule has 0 fully saturated rings. The van der Waals surface area contributed by atoms with Gasteiger partial charge in [-0.15, -0.1) is 0 Å². The molecule has 1 aromatic carbocycles. The Morgan fingerprint density at radius 3 is 2.68 bits per heavy atom. The van der Waals surface area contributed by atoms with Crippen molar-refractivity contribution in [1.82, 2.24) is 9.97 Å². The number of ether oxygens (including phenoxy) is 1. The molecule has 0 saturated heterocycles. The van der Waals surface area contributed by atoms with E-state index in [9.17, 15) is 14.5 Å². The molecule has 1 heterocycles. The Bertz CT molecular complexity index is 631. The SMILES string of the molecule is Cc1nc(Cl)cc(Oc2ccc([N+](=O)[O-])cc2F)n1. The van der Waals surface area contributed by atoms with Crippen molar-refractivity contribution in [2.45, 2.75) is 6.92 Å². The van der Waals surface area contributed by atoms with Crippen molar-refractivity contribution in [2.75, 3.05) is 0 Å². The smallest absolute Gasteiger partial charge is 0.272 e. The van der Waals surface area contributed by atoms with E-state index in [-0.39, 0.29) is 22.5 Å². The molecule has 0 amide bonds. The highest BCUT2D eigenvalue weighted by atomic mass is 35.5. The Labute approximate surface area is 112 Å². The molecule has 0 atom stereocenters. The van der Waals surface area contributed by atoms with Crippen LogP contribution < -0.4 is 4.74 Å². The summed E-state index contributed by atoms with van der Waals surface area (Å²) in [4.78, 5) is 17.5. The highest BCUT2D eigenvalue weighted by Crippen LogP contribution is 2.27. The van der Waals surface area contributed by atoms with Crippen molar-refractivity contribution in [1.29, 1.82) is 0 Å². The van der Waals surface area contributed by atoms with Gasteiger partial charge in [-0.25, -0.2) is 9.37 Å². The first-order valence-corrected chi connectivity index (χ1v) is 5.46. The van der Waals surface area contributed by atoms with E-state index in [0.717, 1.165) is 18.2 Å². The lowest BCUT2D eigenvalue weighted by Crippen LogP contribution is -1.96. The largest absolute Gasteiger partial charge is 0.436 e. The molecule has 2 aromatic rings. The molecule has 0 aliphatic heterocycles. The van der Waals surface area contributed by atoms with Crippen LogP contribution in [0.25, 0.3) is 0 Å². The summed E-state index contributed by atoms with van der Waals surface area (Å²) in [6.07, 6.45) is 0. The number of non-ortho nitro benzene ring substituents is 1. The van der Waals surface area contributed by atoms with Gasteiger partial charge >= 0.3 is 0 Å². The Morgan fingerprint density at radius 1 is 1.37 bits per heavy atom. The zero-order chi connectivity index (χ0) is 14.0. The van der Waals surface area contributed by atoms with Crippen molar-refractivity contribution < 1.29 is 14.1 Å². The fourth-order valence-electron chi connectivity index (χ4n) is 1.36. The lowest BCUT2D eigenvalue weighted by Gasteiger charge is -2.06. The molecule has 0 aliphatic rings. The average molecular weight is 284 g/mol. The highest BCUT2D eigenvalue weighted by molar-refractivity contribution is 6.29. The van der Waals surface area contributed by atoms with Gasteiger partial charge in [0, 0.05) is 12.1 Å². The summed E-state index contributed by atoms with van der Waals surface area (Å²) in [7, 11) is 0. The maximum atomic E-state index is 13.6. The summed E-state index contributed by atoms with van der Waals surface area (Å²) in [5.41, 5.74) is -0.359. The quantitative estimate of drug-likeness (QED) is 0.491. The number of benzene rings is 1. The van der Waals surface area contributed by atoms with Crippen LogP contribution in [0.1, 0.15) is 5.82 Å². The van der Waals surface area contributed by atoms with Crippen LogP contribution in [0, 0.1) is 22.9 Å². The lowest BCUT2D eigenvalue weighted by atomic mass is 10.3. The summed E-state index contributed by atoms with van der Waals surface area (Å²) in [6.45, 7) is 1.60. The number of hydrogen-bond donors (Lipinski definition) is 0. The molecule has 0 N–H and O–H groups in total. The molecule has 0 aliphatic carbocycles. The first kappa shape index (κ1) is 13.2. The minimum atomic E-state index is -0.860. The second kappa shape index (κ2) is 5.15. The standard InChI is InChI=1S/C11H7ClFN3O3/c1-6-14-10(12)5-11(15-6)19-9-3-2-7(16(17)18)4-8(9)13/h2-5H,1H3. The second-order valence-electron chi connectivity index (χ2n) is 3.55. The van der Waals surface area contributed by atoms with Crippen molar-refractivity contribution in [3.05, 3.63) is 51.2 Å². The van der Waals surface area contributed by atoms with Gasteiger partial charge in [-0.3, -0.25) is 10.1 Å². The number of nitrogens with zero attached hydrogens (tertiary/aromatic N) is 3. The van der Waals surface area contributed by atoms with Gasteiger partial charge in [-0.2, -0.15) is 4.98 Å². The van der Waals surface area contributed by atoms with Crippen molar-refractivity contribution in [2.24, 2.45) is 0 Å². The molecule has 0 spiro atoms. The summed E-state index contributed by atoms with van der Waals surface area (Å²) >= 11 is 5.71. The Kier molecular flexibility index (Phi) is 3.57. The third-order valence-electron chi connectivity index (χ3n) is 2.12. The van der Waals surface area contributed by atoms with Gasteiger partial charge in [0.2, 0.25) is 5.88 Å². The Hall–Kier alpha value is -2.28. The first-order valence-electron chi connectivity index (χ1n) is 5.08. The minimum absolute atomic E-state index is 0.0604. The Balaban J connectivity index is 2.30. The maximum absolute atomic E-state index is 13.6. The van der Waals surface area contributed by atoms with Crippen LogP contribution in [-0.2, 0) is 0 Å². The Morgan fingerprint density at radius 2 is 2.11 bits per heavy atom. The van der Waals surface area contributed by atoms with Gasteiger partial charge in [0.25, 0.3) is 5.69 Å². The van der Waals surface area contributed by atoms with Crippen molar-refractivity contribution in [3.8, 4) is 11.6 Å². The normalized spacial score (nSPS) is 10.3. The van der Waals surface area contributed by atoms with Gasteiger partial charge in [-0.1, -0.05) is 11.6 Å². The number of aryl methyl sites for hydroxylation is 1. The number of hydrogen-bond acceptors (Lipinski definition) is 5. The summed E-state index contributed by atoms with van der Waals surface area (Å²) < 4.78 is 18.8. The molecule has 0 radical (unpaired) electrons. The molecular formula is C11H7ClFN3O3. The second-order valence-corrected chi connectivity index (χ2v) is 3.94. The highest BCUT2D eigenvalue weighted by Gasteiger charge is 2.13. The van der Waals surface area contributed by atoms with E-state index in [1.165, 1.54) is 6.07 Å². The molecule has 98 valence electrons. The van der Waals surface area contributed by atoms with Crippen LogP contribution in [0.5, 0.6) is 11.6 Å². The topological polar surface area (TPSA) is 78.2 Å². The number of rotatable bonds is 3. The number of nitro groups is 1. The number of aromatic nitrogens is 2. The first-order chi connectivity index (χ1) is 8.95. The molecule has 0 unspecified atom stereocenters. The van der Waals surface area contributed by atoms with Crippen LogP contribution in [0.4, 0.5) is 10.1 Å². The van der Waals surface area contributed by atoms with Crippen LogP contribution in [0.2, 0.25) is 5.15 Å². The van der Waals surface area contributed by atoms with Crippen LogP contribution >= 0.6 is 11.6 Å². The molecule has 2 rings (SSSR count). The third-order valence-corrected chi connectivity index (χ3v) is 2.32. The molecule has 1 aromatic heterocycles. The van der Waals surface area contributed by atoms with Gasteiger partial charge in [0.1, 0.15) is 11.0 Å².